The molecule has 0 unspecified atom stereocenters. The molecule has 1 saturated heterocycles. The van der Waals surface area contributed by atoms with Crippen LogP contribution in [0.2, 0.25) is 0 Å². The van der Waals surface area contributed by atoms with E-state index in [0.29, 0.717) is 17.0 Å². The van der Waals surface area contributed by atoms with Gasteiger partial charge in [-0.05, 0) is 84.7 Å². The third-order valence-electron chi connectivity index (χ3n) is 5.69. The van der Waals surface area contributed by atoms with Crippen molar-refractivity contribution in [3.63, 3.8) is 0 Å². The first-order valence-electron chi connectivity index (χ1n) is 10.8. The van der Waals surface area contributed by atoms with Crippen molar-refractivity contribution in [1.82, 2.24) is 5.32 Å². The van der Waals surface area contributed by atoms with E-state index in [1.165, 1.54) is 17.0 Å². The molecular weight excluding hydrogens is 464 g/mol. The molecule has 0 radical (unpaired) electrons. The number of aromatic carboxylic acids is 1. The number of carboxylic acid groups (broad SMARTS) is 1. The number of ether oxygens (including phenoxy) is 1. The predicted molar refractivity (Wildman–Crippen MR) is 136 cm³/mol. The Balaban J connectivity index is 1.52. The Labute approximate surface area is 207 Å². The molecule has 2 N–H and O–H groups in total. The summed E-state index contributed by atoms with van der Waals surface area (Å²) in [5, 5.41) is 11.8. The van der Waals surface area contributed by atoms with Crippen LogP contribution in [0.25, 0.3) is 6.08 Å². The summed E-state index contributed by atoms with van der Waals surface area (Å²) in [6, 6.07) is 19.0. The lowest BCUT2D eigenvalue weighted by molar-refractivity contribution is -0.122. The van der Waals surface area contributed by atoms with Crippen molar-refractivity contribution in [3.05, 3.63) is 100 Å². The molecule has 0 saturated carbocycles. The van der Waals surface area contributed by atoms with Gasteiger partial charge in [-0.1, -0.05) is 36.4 Å². The summed E-state index contributed by atoms with van der Waals surface area (Å²) in [6.07, 6.45) is 1.51. The third-order valence-corrected chi connectivity index (χ3v) is 5.97. The van der Waals surface area contributed by atoms with Crippen LogP contribution in [0.1, 0.15) is 32.6 Å². The van der Waals surface area contributed by atoms with Crippen LogP contribution in [0.5, 0.6) is 5.75 Å². The van der Waals surface area contributed by atoms with E-state index < -0.39 is 17.8 Å². The predicted octanol–water partition coefficient (Wildman–Crippen LogP) is 4.41. The second-order valence-electron chi connectivity index (χ2n) is 8.04. The minimum absolute atomic E-state index is 0.0290. The fraction of sp³-hybridized carbons (Fsp3) is 0.111. The minimum atomic E-state index is -0.998. The third kappa shape index (κ3) is 5.12. The maximum atomic E-state index is 13.3. The van der Waals surface area contributed by atoms with Gasteiger partial charge in [0.15, 0.2) is 5.11 Å². The van der Waals surface area contributed by atoms with E-state index in [9.17, 15) is 14.4 Å². The largest absolute Gasteiger partial charge is 0.489 e. The zero-order chi connectivity index (χ0) is 25.1. The number of carbonyl (C=O) groups is 3. The van der Waals surface area contributed by atoms with E-state index in [2.05, 4.69) is 5.32 Å². The number of amides is 2. The average Bonchev–Trinajstić information content (AvgIpc) is 2.84. The molecule has 7 nitrogen and oxygen atoms in total. The maximum absolute atomic E-state index is 13.3. The molecule has 4 rings (SSSR count). The van der Waals surface area contributed by atoms with Gasteiger partial charge in [0.25, 0.3) is 11.8 Å². The van der Waals surface area contributed by atoms with Crippen molar-refractivity contribution in [2.24, 2.45) is 0 Å². The highest BCUT2D eigenvalue weighted by Crippen LogP contribution is 2.27. The van der Waals surface area contributed by atoms with E-state index >= 15 is 0 Å². The zero-order valence-electron chi connectivity index (χ0n) is 19.1. The molecule has 1 heterocycles. The van der Waals surface area contributed by atoms with Crippen LogP contribution in [0.4, 0.5) is 5.69 Å². The van der Waals surface area contributed by atoms with E-state index in [-0.39, 0.29) is 22.9 Å². The van der Waals surface area contributed by atoms with Gasteiger partial charge in [-0.25, -0.2) is 4.79 Å². The minimum Gasteiger partial charge on any atom is -0.489 e. The van der Waals surface area contributed by atoms with Gasteiger partial charge < -0.3 is 9.84 Å². The summed E-state index contributed by atoms with van der Waals surface area (Å²) in [4.78, 5) is 38.3. The number of nitrogens with one attached hydrogen (secondary N) is 1. The molecule has 0 spiro atoms. The number of carbonyl (C=O) groups excluding carboxylic acids is 2. The number of rotatable bonds is 6. The van der Waals surface area contributed by atoms with Crippen LogP contribution in [0.3, 0.4) is 0 Å². The van der Waals surface area contributed by atoms with Crippen molar-refractivity contribution in [2.75, 3.05) is 4.90 Å². The topological polar surface area (TPSA) is 95.9 Å². The molecule has 3 aromatic rings. The highest BCUT2D eigenvalue weighted by molar-refractivity contribution is 7.80. The highest BCUT2D eigenvalue weighted by Gasteiger charge is 2.35. The van der Waals surface area contributed by atoms with Gasteiger partial charge in [0.05, 0.1) is 11.3 Å². The molecule has 0 aliphatic carbocycles. The first-order valence-corrected chi connectivity index (χ1v) is 11.2. The zero-order valence-corrected chi connectivity index (χ0v) is 19.9. The quantitative estimate of drug-likeness (QED) is 0.304. The van der Waals surface area contributed by atoms with Gasteiger partial charge in [0.1, 0.15) is 17.9 Å². The lowest BCUT2D eigenvalue weighted by Crippen LogP contribution is -2.54. The molecule has 1 fully saturated rings. The monoisotopic (exact) mass is 486 g/mol. The number of nitrogens with zero attached hydrogens (tertiary/aromatic N) is 1. The number of thiocarbonyl (C=S) groups is 1. The van der Waals surface area contributed by atoms with Crippen LogP contribution in [-0.4, -0.2) is 28.0 Å². The summed E-state index contributed by atoms with van der Waals surface area (Å²) >= 11 is 5.29. The number of hydrogen-bond donors (Lipinski definition) is 2. The second-order valence-corrected chi connectivity index (χ2v) is 8.43. The molecule has 8 heteroatoms. The van der Waals surface area contributed by atoms with E-state index in [0.717, 1.165) is 16.7 Å². The Hall–Kier alpha value is -4.30. The summed E-state index contributed by atoms with van der Waals surface area (Å²) in [7, 11) is 0. The molecule has 0 atom stereocenters. The van der Waals surface area contributed by atoms with E-state index in [4.69, 9.17) is 22.1 Å². The van der Waals surface area contributed by atoms with Gasteiger partial charge >= 0.3 is 5.97 Å². The molecular formula is C27H22N2O5S. The van der Waals surface area contributed by atoms with E-state index in [1.807, 2.05) is 26.0 Å². The van der Waals surface area contributed by atoms with E-state index in [1.54, 1.807) is 48.5 Å². The SMILES string of the molecule is Cc1cccc(N2C(=O)/C(=C/c3ccc(OCc4cccc(C(=O)O)c4)cc3)C(=O)NC2=S)c1C. The van der Waals surface area contributed by atoms with Crippen molar-refractivity contribution in [1.29, 1.82) is 0 Å². The molecule has 0 aromatic heterocycles. The smallest absolute Gasteiger partial charge is 0.335 e. The summed E-state index contributed by atoms with van der Waals surface area (Å²) in [5.41, 5.74) is 4.05. The normalized spacial score (nSPS) is 14.7. The average molecular weight is 487 g/mol. The molecule has 3 aromatic carbocycles. The highest BCUT2D eigenvalue weighted by atomic mass is 32.1. The van der Waals surface area contributed by atoms with Gasteiger partial charge in [-0.15, -0.1) is 0 Å². The molecule has 1 aliphatic heterocycles. The van der Waals surface area contributed by atoms with Gasteiger partial charge in [0.2, 0.25) is 0 Å². The van der Waals surface area contributed by atoms with Crippen LogP contribution >= 0.6 is 12.2 Å². The number of hydrogen-bond acceptors (Lipinski definition) is 5. The number of benzene rings is 3. The number of anilines is 1. The Morgan fingerprint density at radius 3 is 2.49 bits per heavy atom. The van der Waals surface area contributed by atoms with Gasteiger partial charge in [-0.2, -0.15) is 0 Å². The van der Waals surface area contributed by atoms with Crippen molar-refractivity contribution < 1.29 is 24.2 Å². The van der Waals surface area contributed by atoms with Crippen LogP contribution in [0.15, 0.2) is 72.3 Å². The fourth-order valence-electron chi connectivity index (χ4n) is 3.64. The van der Waals surface area contributed by atoms with Crippen molar-refractivity contribution in [2.45, 2.75) is 20.5 Å². The Bertz CT molecular complexity index is 1380. The standard InChI is InChI=1S/C27H22N2O5S/c1-16-5-3-8-23(17(16)2)29-25(31)22(24(30)28-27(29)35)14-18-9-11-21(12-10-18)34-15-19-6-4-7-20(13-19)26(32)33/h3-14H,15H2,1-2H3,(H,32,33)(H,28,30,35)/b22-14+. The molecule has 0 bridgehead atoms. The summed E-state index contributed by atoms with van der Waals surface area (Å²) in [6.45, 7) is 4.04. The van der Waals surface area contributed by atoms with Crippen LogP contribution in [-0.2, 0) is 16.2 Å². The number of aryl methyl sites for hydroxylation is 1. The summed E-state index contributed by atoms with van der Waals surface area (Å²) in [5.74, 6) is -1.49. The van der Waals surface area contributed by atoms with Crippen molar-refractivity contribution >= 4 is 46.9 Å². The molecule has 1 aliphatic rings. The Morgan fingerprint density at radius 1 is 1.06 bits per heavy atom. The first-order chi connectivity index (χ1) is 16.7. The Kier molecular flexibility index (Phi) is 6.75. The van der Waals surface area contributed by atoms with Crippen LogP contribution in [0, 0.1) is 13.8 Å². The molecule has 176 valence electrons. The van der Waals surface area contributed by atoms with Crippen molar-refractivity contribution in [3.8, 4) is 5.75 Å². The van der Waals surface area contributed by atoms with Crippen LogP contribution < -0.4 is 15.0 Å². The second kappa shape index (κ2) is 9.90. The maximum Gasteiger partial charge on any atom is 0.335 e. The lowest BCUT2D eigenvalue weighted by Gasteiger charge is -2.30. The Morgan fingerprint density at radius 2 is 1.77 bits per heavy atom. The lowest BCUT2D eigenvalue weighted by atomic mass is 10.0. The molecule has 35 heavy (non-hydrogen) atoms. The first kappa shape index (κ1) is 23.8. The fourth-order valence-corrected chi connectivity index (χ4v) is 3.92. The van der Waals surface area contributed by atoms with Gasteiger partial charge in [0, 0.05) is 0 Å². The van der Waals surface area contributed by atoms with Gasteiger partial charge in [-0.3, -0.25) is 19.8 Å². The molecule has 2 amide bonds. The summed E-state index contributed by atoms with van der Waals surface area (Å²) < 4.78 is 5.74. The number of carboxylic acids is 1.